The largest absolute Gasteiger partial charge is 0.372 e. The number of benzene rings is 4. The van der Waals surface area contributed by atoms with Gasteiger partial charge in [0.05, 0.1) is 17.4 Å². The molecule has 0 amide bonds. The van der Waals surface area contributed by atoms with Crippen molar-refractivity contribution in [2.24, 2.45) is 0 Å². The standard InChI is InChI=1S/C32H25BrN2O2/c33-25-13-7-12-22(16-25)31-30-28(18-24(19-29(30)36)20-8-3-1-4-9-20)34-27-17-23(14-15-26(27)35-31)32(37)21-10-5-2-6-11-21/h1-17,24,31,34-35H,18-19H2/t24-,31+/m0/s1. The average Bonchev–Trinajstić information content (AvgIpc) is 3.10. The molecule has 0 aromatic heterocycles. The van der Waals surface area contributed by atoms with Crippen molar-refractivity contribution >= 4 is 38.9 Å². The summed E-state index contributed by atoms with van der Waals surface area (Å²) in [7, 11) is 0. The summed E-state index contributed by atoms with van der Waals surface area (Å²) in [5.74, 6) is 0.196. The predicted octanol–water partition coefficient (Wildman–Crippen LogP) is 7.66. The number of allylic oxidation sites excluding steroid dienone is 1. The molecule has 0 bridgehead atoms. The number of ketones is 2. The van der Waals surface area contributed by atoms with Crippen LogP contribution in [0.15, 0.2) is 119 Å². The van der Waals surface area contributed by atoms with E-state index in [0.717, 1.165) is 38.2 Å². The highest BCUT2D eigenvalue weighted by molar-refractivity contribution is 9.10. The van der Waals surface area contributed by atoms with Crippen LogP contribution in [-0.4, -0.2) is 11.6 Å². The molecule has 0 spiro atoms. The van der Waals surface area contributed by atoms with Crippen LogP contribution in [0.1, 0.15) is 51.8 Å². The average molecular weight is 549 g/mol. The van der Waals surface area contributed by atoms with E-state index < -0.39 is 0 Å². The molecule has 6 rings (SSSR count). The van der Waals surface area contributed by atoms with Gasteiger partial charge >= 0.3 is 0 Å². The minimum atomic E-state index is -0.304. The predicted molar refractivity (Wildman–Crippen MR) is 151 cm³/mol. The van der Waals surface area contributed by atoms with Crippen LogP contribution in [0.25, 0.3) is 0 Å². The molecular weight excluding hydrogens is 524 g/mol. The van der Waals surface area contributed by atoms with Crippen LogP contribution in [-0.2, 0) is 4.79 Å². The van der Waals surface area contributed by atoms with E-state index in [1.807, 2.05) is 84.9 Å². The number of carbonyl (C=O) groups is 2. The second-order valence-electron chi connectivity index (χ2n) is 9.54. The van der Waals surface area contributed by atoms with Gasteiger partial charge in [0.15, 0.2) is 11.6 Å². The quantitative estimate of drug-likeness (QED) is 0.257. The van der Waals surface area contributed by atoms with E-state index in [1.165, 1.54) is 0 Å². The van der Waals surface area contributed by atoms with Gasteiger partial charge in [-0.2, -0.15) is 0 Å². The van der Waals surface area contributed by atoms with Crippen molar-refractivity contribution in [2.45, 2.75) is 24.8 Å². The van der Waals surface area contributed by atoms with Crippen LogP contribution in [0, 0.1) is 0 Å². The van der Waals surface area contributed by atoms with E-state index in [0.29, 0.717) is 24.0 Å². The molecule has 37 heavy (non-hydrogen) atoms. The van der Waals surface area contributed by atoms with Crippen LogP contribution in [0.2, 0.25) is 0 Å². The van der Waals surface area contributed by atoms with Crippen molar-refractivity contribution in [1.82, 2.24) is 0 Å². The number of carbonyl (C=O) groups excluding carboxylic acids is 2. The van der Waals surface area contributed by atoms with E-state index >= 15 is 0 Å². The molecule has 0 fully saturated rings. The number of Topliss-reactive ketones (excluding diaryl/α,β-unsaturated/α-hetero) is 1. The van der Waals surface area contributed by atoms with Gasteiger partial charge in [-0.15, -0.1) is 0 Å². The fraction of sp³-hybridized carbons (Fsp3) is 0.125. The molecule has 1 heterocycles. The second kappa shape index (κ2) is 9.83. The third-order valence-corrected chi connectivity index (χ3v) is 7.65. The van der Waals surface area contributed by atoms with Gasteiger partial charge in [0, 0.05) is 33.3 Å². The lowest BCUT2D eigenvalue weighted by Crippen LogP contribution is -2.26. The molecule has 182 valence electrons. The summed E-state index contributed by atoms with van der Waals surface area (Å²) in [5.41, 5.74) is 6.74. The summed E-state index contributed by atoms with van der Waals surface area (Å²) in [6.45, 7) is 0. The van der Waals surface area contributed by atoms with Gasteiger partial charge in [-0.25, -0.2) is 0 Å². The first-order valence-electron chi connectivity index (χ1n) is 12.4. The molecule has 1 aliphatic heterocycles. The zero-order valence-electron chi connectivity index (χ0n) is 20.1. The molecule has 0 saturated carbocycles. The summed E-state index contributed by atoms with van der Waals surface area (Å²) in [5, 5.41) is 7.20. The molecule has 1 aliphatic carbocycles. The number of anilines is 2. The van der Waals surface area contributed by atoms with Crippen molar-refractivity contribution in [3.63, 3.8) is 0 Å². The fourth-order valence-corrected chi connectivity index (χ4v) is 5.76. The molecule has 0 radical (unpaired) electrons. The fourth-order valence-electron chi connectivity index (χ4n) is 5.34. The number of hydrogen-bond donors (Lipinski definition) is 2. The summed E-state index contributed by atoms with van der Waals surface area (Å²) in [6.07, 6.45) is 1.18. The van der Waals surface area contributed by atoms with Gasteiger partial charge in [-0.1, -0.05) is 88.7 Å². The van der Waals surface area contributed by atoms with Crippen LogP contribution < -0.4 is 10.6 Å². The lowest BCUT2D eigenvalue weighted by molar-refractivity contribution is -0.116. The summed E-state index contributed by atoms with van der Waals surface area (Å²) in [6, 6.07) is 32.9. The Bertz CT molecular complexity index is 1530. The summed E-state index contributed by atoms with van der Waals surface area (Å²) in [4.78, 5) is 26.9. The lowest BCUT2D eigenvalue weighted by atomic mass is 9.78. The maximum absolute atomic E-state index is 13.7. The Labute approximate surface area is 224 Å². The van der Waals surface area contributed by atoms with E-state index in [-0.39, 0.29) is 23.5 Å². The number of nitrogens with one attached hydrogen (secondary N) is 2. The molecule has 2 N–H and O–H groups in total. The summed E-state index contributed by atoms with van der Waals surface area (Å²) < 4.78 is 0.959. The van der Waals surface area contributed by atoms with Gasteiger partial charge in [-0.3, -0.25) is 9.59 Å². The summed E-state index contributed by atoms with van der Waals surface area (Å²) >= 11 is 3.59. The van der Waals surface area contributed by atoms with Crippen LogP contribution in [0.4, 0.5) is 11.4 Å². The Balaban J connectivity index is 1.44. The van der Waals surface area contributed by atoms with Crippen LogP contribution in [0.3, 0.4) is 0 Å². The first kappa shape index (κ1) is 23.4. The number of fused-ring (bicyclic) bond motifs is 1. The van der Waals surface area contributed by atoms with E-state index in [2.05, 4.69) is 44.8 Å². The monoisotopic (exact) mass is 548 g/mol. The van der Waals surface area contributed by atoms with Crippen molar-refractivity contribution < 1.29 is 9.59 Å². The van der Waals surface area contributed by atoms with Gasteiger partial charge in [-0.05, 0) is 53.8 Å². The highest BCUT2D eigenvalue weighted by Gasteiger charge is 2.36. The highest BCUT2D eigenvalue weighted by Crippen LogP contribution is 2.44. The molecule has 4 aromatic carbocycles. The number of halogens is 1. The molecule has 2 aliphatic rings. The number of rotatable bonds is 4. The molecule has 5 heteroatoms. The Morgan fingerprint density at radius 3 is 2.22 bits per heavy atom. The topological polar surface area (TPSA) is 58.2 Å². The maximum atomic E-state index is 13.7. The van der Waals surface area contributed by atoms with Crippen molar-refractivity contribution in [1.29, 1.82) is 0 Å². The molecule has 2 atom stereocenters. The second-order valence-corrected chi connectivity index (χ2v) is 10.5. The van der Waals surface area contributed by atoms with Crippen LogP contribution in [0.5, 0.6) is 0 Å². The SMILES string of the molecule is O=C1C[C@@H](c2ccccc2)CC2=C1[C@@H](c1cccc(Br)c1)Nc1ccc(C(=O)c3ccccc3)cc1N2. The zero-order valence-corrected chi connectivity index (χ0v) is 21.7. The van der Waals surface area contributed by atoms with E-state index in [4.69, 9.17) is 0 Å². The molecular formula is C32H25BrN2O2. The maximum Gasteiger partial charge on any atom is 0.193 e. The van der Waals surface area contributed by atoms with Gasteiger partial charge < -0.3 is 10.6 Å². The molecule has 0 saturated heterocycles. The van der Waals surface area contributed by atoms with Crippen molar-refractivity contribution in [3.05, 3.63) is 141 Å². The molecule has 0 unspecified atom stereocenters. The van der Waals surface area contributed by atoms with Gasteiger partial charge in [0.1, 0.15) is 0 Å². The molecule has 4 nitrogen and oxygen atoms in total. The van der Waals surface area contributed by atoms with Gasteiger partial charge in [0.25, 0.3) is 0 Å². The van der Waals surface area contributed by atoms with Crippen molar-refractivity contribution in [3.8, 4) is 0 Å². The number of hydrogen-bond acceptors (Lipinski definition) is 4. The van der Waals surface area contributed by atoms with Crippen molar-refractivity contribution in [2.75, 3.05) is 10.6 Å². The van der Waals surface area contributed by atoms with E-state index in [9.17, 15) is 9.59 Å². The van der Waals surface area contributed by atoms with Crippen LogP contribution >= 0.6 is 15.9 Å². The third-order valence-electron chi connectivity index (χ3n) is 7.15. The van der Waals surface area contributed by atoms with E-state index in [1.54, 1.807) is 0 Å². The Morgan fingerprint density at radius 2 is 1.46 bits per heavy atom. The smallest absolute Gasteiger partial charge is 0.193 e. The minimum Gasteiger partial charge on any atom is -0.372 e. The Morgan fingerprint density at radius 1 is 0.730 bits per heavy atom. The first-order chi connectivity index (χ1) is 18.1. The third kappa shape index (κ3) is 4.63. The highest BCUT2D eigenvalue weighted by atomic mass is 79.9. The normalized spacial score (nSPS) is 18.7. The minimum absolute atomic E-state index is 0.0333. The molecule has 4 aromatic rings. The lowest BCUT2D eigenvalue weighted by Gasteiger charge is -2.30. The Kier molecular flexibility index (Phi) is 6.23. The first-order valence-corrected chi connectivity index (χ1v) is 13.2. The zero-order chi connectivity index (χ0) is 25.4. The Hall–Kier alpha value is -3.96. The van der Waals surface area contributed by atoms with Gasteiger partial charge in [0.2, 0.25) is 0 Å².